The Kier molecular flexibility index (Phi) is 5.77. The van der Waals surface area contributed by atoms with Gasteiger partial charge in [-0.05, 0) is 47.5 Å². The fraction of sp³-hybridized carbons (Fsp3) is 0. The smallest absolute Gasteiger partial charge is 0.263 e. The van der Waals surface area contributed by atoms with Gasteiger partial charge in [-0.2, -0.15) is 0 Å². The lowest BCUT2D eigenvalue weighted by atomic mass is 10.1. The first-order chi connectivity index (χ1) is 14.8. The summed E-state index contributed by atoms with van der Waals surface area (Å²) in [6.45, 7) is 0. The van der Waals surface area contributed by atoms with Crippen molar-refractivity contribution in [1.29, 1.82) is 0 Å². The molecule has 1 aromatic heterocycles. The van der Waals surface area contributed by atoms with Crippen LogP contribution in [0.15, 0.2) is 100 Å². The van der Waals surface area contributed by atoms with Gasteiger partial charge in [-0.1, -0.05) is 42.5 Å². The van der Waals surface area contributed by atoms with E-state index in [2.05, 4.69) is 14.4 Å². The number of nitrogens with one attached hydrogen (secondary N) is 2. The Morgan fingerprint density at radius 2 is 1.19 bits per heavy atom. The van der Waals surface area contributed by atoms with Crippen molar-refractivity contribution >= 4 is 42.2 Å². The topological polar surface area (TPSA) is 105 Å². The molecule has 4 aromatic rings. The van der Waals surface area contributed by atoms with Crippen molar-refractivity contribution in [2.24, 2.45) is 0 Å². The van der Waals surface area contributed by atoms with E-state index in [0.29, 0.717) is 0 Å². The predicted molar refractivity (Wildman–Crippen MR) is 122 cm³/mol. The van der Waals surface area contributed by atoms with Crippen molar-refractivity contribution in [1.82, 2.24) is 4.98 Å². The van der Waals surface area contributed by atoms with Crippen LogP contribution in [0, 0.1) is 0 Å². The van der Waals surface area contributed by atoms with Gasteiger partial charge in [0.1, 0.15) is 0 Å². The number of aromatic nitrogens is 1. The molecule has 0 saturated heterocycles. The second-order valence-electron chi connectivity index (χ2n) is 6.46. The molecular formula is C21H17N3O4S3. The van der Waals surface area contributed by atoms with Crippen molar-refractivity contribution in [2.45, 2.75) is 9.79 Å². The van der Waals surface area contributed by atoms with E-state index in [1.54, 1.807) is 17.5 Å². The van der Waals surface area contributed by atoms with Crippen LogP contribution < -0.4 is 9.44 Å². The normalized spacial score (nSPS) is 11.7. The molecule has 7 nitrogen and oxygen atoms in total. The van der Waals surface area contributed by atoms with E-state index < -0.39 is 20.0 Å². The molecule has 4 rings (SSSR count). The maximum atomic E-state index is 12.7. The van der Waals surface area contributed by atoms with Gasteiger partial charge in [0.2, 0.25) is 0 Å². The zero-order valence-electron chi connectivity index (χ0n) is 16.0. The minimum Gasteiger partial charge on any atom is -0.280 e. The van der Waals surface area contributed by atoms with Crippen LogP contribution in [0.1, 0.15) is 0 Å². The summed E-state index contributed by atoms with van der Waals surface area (Å²) in [5.41, 5.74) is 2.14. The van der Waals surface area contributed by atoms with Gasteiger partial charge in [-0.25, -0.2) is 21.8 Å². The van der Waals surface area contributed by atoms with Crippen LogP contribution in [0.4, 0.5) is 10.8 Å². The highest BCUT2D eigenvalue weighted by molar-refractivity contribution is 7.93. The fourth-order valence-electron chi connectivity index (χ4n) is 2.82. The summed E-state index contributed by atoms with van der Waals surface area (Å²) in [5, 5.41) is 1.91. The first-order valence-corrected chi connectivity index (χ1v) is 12.9. The second-order valence-corrected chi connectivity index (χ2v) is 10.7. The van der Waals surface area contributed by atoms with E-state index in [9.17, 15) is 16.8 Å². The first kappa shape index (κ1) is 21.0. The molecule has 1 heterocycles. The Labute approximate surface area is 184 Å². The zero-order valence-corrected chi connectivity index (χ0v) is 18.4. The molecule has 31 heavy (non-hydrogen) atoms. The molecule has 0 aliphatic rings. The molecule has 0 amide bonds. The van der Waals surface area contributed by atoms with Gasteiger partial charge < -0.3 is 0 Å². The number of benzene rings is 3. The average molecular weight is 472 g/mol. The molecule has 0 aliphatic carbocycles. The van der Waals surface area contributed by atoms with Crippen molar-refractivity contribution in [3.8, 4) is 11.1 Å². The van der Waals surface area contributed by atoms with E-state index in [1.807, 2.05) is 30.3 Å². The van der Waals surface area contributed by atoms with Crippen molar-refractivity contribution in [3.05, 3.63) is 90.4 Å². The Balaban J connectivity index is 1.49. The lowest BCUT2D eigenvalue weighted by Gasteiger charge is -2.10. The summed E-state index contributed by atoms with van der Waals surface area (Å²) in [6.07, 6.45) is 1.49. The number of nitrogens with zero attached hydrogens (tertiary/aromatic N) is 1. The third kappa shape index (κ3) is 4.93. The molecule has 3 aromatic carbocycles. The molecule has 0 saturated carbocycles. The molecule has 0 bridgehead atoms. The minimum atomic E-state index is -3.83. The summed E-state index contributed by atoms with van der Waals surface area (Å²) < 4.78 is 55.0. The van der Waals surface area contributed by atoms with E-state index in [-0.39, 0.29) is 20.6 Å². The van der Waals surface area contributed by atoms with E-state index in [1.165, 1.54) is 42.6 Å². The second kappa shape index (κ2) is 8.50. The highest BCUT2D eigenvalue weighted by Crippen LogP contribution is 2.24. The van der Waals surface area contributed by atoms with Crippen molar-refractivity contribution in [2.75, 3.05) is 9.44 Å². The minimum absolute atomic E-state index is 0.00198. The van der Waals surface area contributed by atoms with Gasteiger partial charge >= 0.3 is 0 Å². The van der Waals surface area contributed by atoms with Gasteiger partial charge in [0.05, 0.1) is 9.79 Å². The van der Waals surface area contributed by atoms with E-state index in [0.717, 1.165) is 22.5 Å². The molecule has 0 unspecified atom stereocenters. The van der Waals surface area contributed by atoms with Crippen LogP contribution in [0.2, 0.25) is 0 Å². The number of thiazole rings is 1. The molecule has 158 valence electrons. The zero-order chi connectivity index (χ0) is 21.9. The monoisotopic (exact) mass is 471 g/mol. The van der Waals surface area contributed by atoms with Crippen LogP contribution in [0.5, 0.6) is 0 Å². The van der Waals surface area contributed by atoms with Crippen LogP contribution in [-0.4, -0.2) is 21.8 Å². The van der Waals surface area contributed by atoms with Gasteiger partial charge in [0, 0.05) is 17.3 Å². The maximum Gasteiger partial charge on any atom is 0.263 e. The third-order valence-electron chi connectivity index (χ3n) is 4.34. The van der Waals surface area contributed by atoms with Gasteiger partial charge in [-0.15, -0.1) is 11.3 Å². The van der Waals surface area contributed by atoms with Gasteiger partial charge in [-0.3, -0.25) is 9.44 Å². The SMILES string of the molecule is O=S(=O)(Nc1ccc(S(=O)(=O)Nc2nccs2)cc1)c1ccc(-c2ccccc2)cc1. The van der Waals surface area contributed by atoms with Gasteiger partial charge in [0.25, 0.3) is 20.0 Å². The van der Waals surface area contributed by atoms with Crippen LogP contribution >= 0.6 is 11.3 Å². The maximum absolute atomic E-state index is 12.7. The fourth-order valence-corrected chi connectivity index (χ4v) is 5.67. The van der Waals surface area contributed by atoms with Crippen LogP contribution in [0.3, 0.4) is 0 Å². The van der Waals surface area contributed by atoms with Crippen molar-refractivity contribution in [3.63, 3.8) is 0 Å². The van der Waals surface area contributed by atoms with E-state index >= 15 is 0 Å². The summed E-state index contributed by atoms with van der Waals surface area (Å²) in [7, 11) is -7.63. The first-order valence-electron chi connectivity index (χ1n) is 9.04. The highest BCUT2D eigenvalue weighted by atomic mass is 32.2. The quantitative estimate of drug-likeness (QED) is 0.415. The standard InChI is InChI=1S/C21H17N3O4S3/c25-30(26,19-10-6-17(7-11-19)16-4-2-1-3-5-16)23-18-8-12-20(13-9-18)31(27,28)24-21-22-14-15-29-21/h1-15,23H,(H,22,24). The number of hydrogen-bond donors (Lipinski definition) is 2. The summed E-state index contributed by atoms with van der Waals surface area (Å²) in [5.74, 6) is 0. The summed E-state index contributed by atoms with van der Waals surface area (Å²) >= 11 is 1.16. The van der Waals surface area contributed by atoms with E-state index in [4.69, 9.17) is 0 Å². The average Bonchev–Trinajstić information content (AvgIpc) is 3.27. The lowest BCUT2D eigenvalue weighted by molar-refractivity contribution is 0.600. The molecule has 0 atom stereocenters. The van der Waals surface area contributed by atoms with Crippen LogP contribution in [0.25, 0.3) is 11.1 Å². The largest absolute Gasteiger partial charge is 0.280 e. The molecule has 10 heteroatoms. The molecule has 0 spiro atoms. The number of hydrogen-bond acceptors (Lipinski definition) is 6. The lowest BCUT2D eigenvalue weighted by Crippen LogP contribution is -2.14. The van der Waals surface area contributed by atoms with Gasteiger partial charge in [0.15, 0.2) is 5.13 Å². The molecular weight excluding hydrogens is 454 g/mol. The third-order valence-corrected chi connectivity index (χ3v) is 7.91. The predicted octanol–water partition coefficient (Wildman–Crippen LogP) is 4.41. The number of anilines is 2. The summed E-state index contributed by atoms with van der Waals surface area (Å²) in [4.78, 5) is 3.99. The molecule has 0 fully saturated rings. The Morgan fingerprint density at radius 1 is 0.645 bits per heavy atom. The van der Waals surface area contributed by atoms with Crippen molar-refractivity contribution < 1.29 is 16.8 Å². The number of sulfonamides is 2. The Hall–Kier alpha value is -3.21. The summed E-state index contributed by atoms with van der Waals surface area (Å²) in [6, 6.07) is 21.6. The molecule has 2 N–H and O–H groups in total. The highest BCUT2D eigenvalue weighted by Gasteiger charge is 2.17. The Bertz CT molecular complexity index is 1370. The van der Waals surface area contributed by atoms with Crippen LogP contribution in [-0.2, 0) is 20.0 Å². The molecule has 0 radical (unpaired) electrons. The Morgan fingerprint density at radius 3 is 1.77 bits per heavy atom. The number of rotatable bonds is 7. The molecule has 0 aliphatic heterocycles.